The van der Waals surface area contributed by atoms with E-state index in [2.05, 4.69) is 0 Å². The second kappa shape index (κ2) is 7.33. The van der Waals surface area contributed by atoms with Crippen molar-refractivity contribution in [2.75, 3.05) is 21.3 Å². The summed E-state index contributed by atoms with van der Waals surface area (Å²) in [6, 6.07) is 9.35. The minimum Gasteiger partial charge on any atom is -0.493 e. The third-order valence-electron chi connectivity index (χ3n) is 3.38. The molecule has 0 aromatic heterocycles. The molecule has 0 aliphatic heterocycles. The second-order valence-corrected chi connectivity index (χ2v) is 5.41. The van der Waals surface area contributed by atoms with Crippen molar-refractivity contribution in [1.82, 2.24) is 4.90 Å². The van der Waals surface area contributed by atoms with Gasteiger partial charge in [-0.05, 0) is 35.9 Å². The van der Waals surface area contributed by atoms with E-state index in [1.54, 1.807) is 33.4 Å². The number of hydrogen-bond donors (Lipinski definition) is 0. The normalized spacial score (nSPS) is 10.3. The minimum absolute atomic E-state index is 0.0163. The number of ether oxygens (including phenoxy) is 2. The smallest absolute Gasteiger partial charge is 0.256 e. The maximum Gasteiger partial charge on any atom is 0.256 e. The van der Waals surface area contributed by atoms with Crippen LogP contribution in [0.25, 0.3) is 0 Å². The average molecular weight is 338 g/mol. The molecule has 1 amide bonds. The molecule has 6 heteroatoms. The first-order chi connectivity index (χ1) is 11.0. The topological polar surface area (TPSA) is 38.8 Å². The molecule has 2 rings (SSSR count). The van der Waals surface area contributed by atoms with Crippen molar-refractivity contribution in [1.29, 1.82) is 0 Å². The van der Waals surface area contributed by atoms with Crippen molar-refractivity contribution in [3.05, 3.63) is 58.4 Å². The van der Waals surface area contributed by atoms with Crippen LogP contribution in [0.1, 0.15) is 15.9 Å². The molecule has 0 atom stereocenters. The van der Waals surface area contributed by atoms with Gasteiger partial charge in [0.15, 0.2) is 11.5 Å². The third kappa shape index (κ3) is 3.93. The van der Waals surface area contributed by atoms with Crippen molar-refractivity contribution in [2.45, 2.75) is 6.54 Å². The molecule has 0 heterocycles. The van der Waals surface area contributed by atoms with Crippen LogP contribution in [0.2, 0.25) is 5.02 Å². The summed E-state index contributed by atoms with van der Waals surface area (Å²) in [7, 11) is 4.70. The zero-order valence-electron chi connectivity index (χ0n) is 13.1. The first-order valence-electron chi connectivity index (χ1n) is 6.87. The van der Waals surface area contributed by atoms with Crippen molar-refractivity contribution in [2.24, 2.45) is 0 Å². The molecule has 0 bridgehead atoms. The highest BCUT2D eigenvalue weighted by Crippen LogP contribution is 2.28. The summed E-state index contributed by atoms with van der Waals surface area (Å²) < 4.78 is 24.3. The van der Waals surface area contributed by atoms with Crippen LogP contribution in [0.3, 0.4) is 0 Å². The molecule has 0 aliphatic rings. The van der Waals surface area contributed by atoms with Crippen molar-refractivity contribution < 1.29 is 18.7 Å². The van der Waals surface area contributed by atoms with E-state index in [4.69, 9.17) is 21.1 Å². The Morgan fingerprint density at radius 3 is 2.43 bits per heavy atom. The fourth-order valence-electron chi connectivity index (χ4n) is 2.19. The summed E-state index contributed by atoms with van der Waals surface area (Å²) in [4.78, 5) is 13.8. The maximum absolute atomic E-state index is 13.8. The molecule has 0 radical (unpaired) electrons. The van der Waals surface area contributed by atoms with Crippen LogP contribution in [-0.4, -0.2) is 32.1 Å². The number of benzene rings is 2. The maximum atomic E-state index is 13.8. The molecule has 122 valence electrons. The quantitative estimate of drug-likeness (QED) is 0.833. The van der Waals surface area contributed by atoms with E-state index in [9.17, 15) is 9.18 Å². The van der Waals surface area contributed by atoms with Gasteiger partial charge < -0.3 is 14.4 Å². The van der Waals surface area contributed by atoms with Gasteiger partial charge in [-0.1, -0.05) is 17.7 Å². The van der Waals surface area contributed by atoms with Crippen molar-refractivity contribution in [3.63, 3.8) is 0 Å². The van der Waals surface area contributed by atoms with Crippen LogP contribution in [0, 0.1) is 5.82 Å². The van der Waals surface area contributed by atoms with E-state index in [-0.39, 0.29) is 10.6 Å². The molecule has 0 saturated heterocycles. The molecule has 2 aromatic carbocycles. The number of halogens is 2. The summed E-state index contributed by atoms with van der Waals surface area (Å²) in [5.41, 5.74) is 0.824. The van der Waals surface area contributed by atoms with E-state index in [0.717, 1.165) is 11.6 Å². The van der Waals surface area contributed by atoms with Gasteiger partial charge in [-0.15, -0.1) is 0 Å². The molecule has 0 spiro atoms. The average Bonchev–Trinajstić information content (AvgIpc) is 2.54. The molecule has 2 aromatic rings. The Balaban J connectivity index is 2.18. The van der Waals surface area contributed by atoms with Gasteiger partial charge >= 0.3 is 0 Å². The molecule has 0 unspecified atom stereocenters. The predicted octanol–water partition coefficient (Wildman–Crippen LogP) is 3.77. The SMILES string of the molecule is COc1ccc(CN(C)C(=O)c2ccc(Cl)cc2F)cc1OC. The number of carbonyl (C=O) groups is 1. The number of nitrogens with zero attached hydrogens (tertiary/aromatic N) is 1. The fourth-order valence-corrected chi connectivity index (χ4v) is 2.35. The number of hydrogen-bond acceptors (Lipinski definition) is 3. The van der Waals surface area contributed by atoms with Gasteiger partial charge in [0.2, 0.25) is 0 Å². The van der Waals surface area contributed by atoms with Gasteiger partial charge in [-0.3, -0.25) is 4.79 Å². The van der Waals surface area contributed by atoms with Crippen LogP contribution in [0.5, 0.6) is 11.5 Å². The number of rotatable bonds is 5. The van der Waals surface area contributed by atoms with Crippen LogP contribution >= 0.6 is 11.6 Å². The number of methoxy groups -OCH3 is 2. The highest BCUT2D eigenvalue weighted by atomic mass is 35.5. The van der Waals surface area contributed by atoms with Crippen molar-refractivity contribution in [3.8, 4) is 11.5 Å². The summed E-state index contributed by atoms with van der Waals surface area (Å²) >= 11 is 5.70. The molecule has 0 saturated carbocycles. The summed E-state index contributed by atoms with van der Waals surface area (Å²) in [6.45, 7) is 0.307. The van der Waals surface area contributed by atoms with Gasteiger partial charge in [0, 0.05) is 18.6 Å². The number of carbonyl (C=O) groups excluding carboxylic acids is 1. The predicted molar refractivity (Wildman–Crippen MR) is 86.8 cm³/mol. The van der Waals surface area contributed by atoms with E-state index in [1.165, 1.54) is 17.0 Å². The lowest BCUT2D eigenvalue weighted by Gasteiger charge is -2.18. The summed E-state index contributed by atoms with van der Waals surface area (Å²) in [5, 5.41) is 0.251. The summed E-state index contributed by atoms with van der Waals surface area (Å²) in [5.74, 6) is 0.119. The lowest BCUT2D eigenvalue weighted by Crippen LogP contribution is -2.27. The monoisotopic (exact) mass is 337 g/mol. The van der Waals surface area contributed by atoms with Gasteiger partial charge in [0.1, 0.15) is 5.82 Å². The standard InChI is InChI=1S/C17H17ClFNO3/c1-20(17(21)13-6-5-12(18)9-14(13)19)10-11-4-7-15(22-2)16(8-11)23-3/h4-9H,10H2,1-3H3. The van der Waals surface area contributed by atoms with Gasteiger partial charge in [-0.25, -0.2) is 4.39 Å². The van der Waals surface area contributed by atoms with E-state index >= 15 is 0 Å². The minimum atomic E-state index is -0.637. The summed E-state index contributed by atoms with van der Waals surface area (Å²) in [6.07, 6.45) is 0. The molecule has 0 fully saturated rings. The molecule has 0 N–H and O–H groups in total. The molecular formula is C17H17ClFNO3. The second-order valence-electron chi connectivity index (χ2n) is 4.97. The van der Waals surface area contributed by atoms with Crippen molar-refractivity contribution >= 4 is 17.5 Å². The van der Waals surface area contributed by atoms with Crippen LogP contribution in [0.4, 0.5) is 4.39 Å². The zero-order chi connectivity index (χ0) is 17.0. The Bertz CT molecular complexity index is 721. The van der Waals surface area contributed by atoms with E-state index < -0.39 is 11.7 Å². The van der Waals surface area contributed by atoms with Crippen LogP contribution in [0.15, 0.2) is 36.4 Å². The first-order valence-corrected chi connectivity index (χ1v) is 7.25. The lowest BCUT2D eigenvalue weighted by atomic mass is 10.1. The fraction of sp³-hybridized carbons (Fsp3) is 0.235. The van der Waals surface area contributed by atoms with E-state index in [0.29, 0.717) is 18.0 Å². The Hall–Kier alpha value is -2.27. The molecule has 23 heavy (non-hydrogen) atoms. The first kappa shape index (κ1) is 17.1. The molecule has 0 aliphatic carbocycles. The van der Waals surface area contributed by atoms with E-state index in [1.807, 2.05) is 6.07 Å². The molecule has 4 nitrogen and oxygen atoms in total. The highest BCUT2D eigenvalue weighted by molar-refractivity contribution is 6.30. The Morgan fingerprint density at radius 1 is 1.13 bits per heavy atom. The Labute approximate surface area is 139 Å². The number of amides is 1. The third-order valence-corrected chi connectivity index (χ3v) is 3.61. The Morgan fingerprint density at radius 2 is 1.83 bits per heavy atom. The van der Waals surface area contributed by atoms with Crippen LogP contribution in [-0.2, 0) is 6.54 Å². The van der Waals surface area contributed by atoms with Gasteiger partial charge in [0.25, 0.3) is 5.91 Å². The lowest BCUT2D eigenvalue weighted by molar-refractivity contribution is 0.0780. The molecular weight excluding hydrogens is 321 g/mol. The van der Waals surface area contributed by atoms with Crippen LogP contribution < -0.4 is 9.47 Å². The zero-order valence-corrected chi connectivity index (χ0v) is 13.9. The highest BCUT2D eigenvalue weighted by Gasteiger charge is 2.17. The van der Waals surface area contributed by atoms with Gasteiger partial charge in [-0.2, -0.15) is 0 Å². The Kier molecular flexibility index (Phi) is 5.45. The largest absolute Gasteiger partial charge is 0.493 e. The van der Waals surface area contributed by atoms with Gasteiger partial charge in [0.05, 0.1) is 19.8 Å².